The SMILES string of the molecule is COc1cc2c(NC(C)c3cc(N)cc(C(F)(F)F)c3)nn3c(C)nnc3c2cc1OC. The van der Waals surface area contributed by atoms with Crippen molar-refractivity contribution in [2.45, 2.75) is 26.1 Å². The fraction of sp³-hybridized carbons (Fsp3) is 0.286. The van der Waals surface area contributed by atoms with E-state index in [1.807, 2.05) is 0 Å². The third-order valence-electron chi connectivity index (χ3n) is 5.17. The molecular weight excluding hydrogens is 425 g/mol. The third kappa shape index (κ3) is 3.70. The Hall–Kier alpha value is -3.76. The molecule has 0 saturated heterocycles. The summed E-state index contributed by atoms with van der Waals surface area (Å²) in [5, 5.41) is 17.4. The molecule has 11 heteroatoms. The Morgan fingerprint density at radius 3 is 2.28 bits per heavy atom. The molecule has 0 aliphatic rings. The van der Waals surface area contributed by atoms with Gasteiger partial charge in [-0.2, -0.15) is 17.7 Å². The van der Waals surface area contributed by atoms with Crippen LogP contribution >= 0.6 is 0 Å². The van der Waals surface area contributed by atoms with Crippen molar-refractivity contribution in [3.63, 3.8) is 0 Å². The van der Waals surface area contributed by atoms with Gasteiger partial charge in [-0.05, 0) is 49.7 Å². The van der Waals surface area contributed by atoms with Crippen molar-refractivity contribution >= 4 is 27.9 Å². The van der Waals surface area contributed by atoms with Gasteiger partial charge in [0.1, 0.15) is 0 Å². The number of methoxy groups -OCH3 is 2. The lowest BCUT2D eigenvalue weighted by molar-refractivity contribution is -0.137. The summed E-state index contributed by atoms with van der Waals surface area (Å²) in [7, 11) is 3.04. The summed E-state index contributed by atoms with van der Waals surface area (Å²) in [6, 6.07) is 6.44. The number of nitrogen functional groups attached to an aromatic ring is 1. The average molecular weight is 446 g/mol. The van der Waals surface area contributed by atoms with Gasteiger partial charge in [-0.1, -0.05) is 0 Å². The number of anilines is 2. The van der Waals surface area contributed by atoms with Crippen LogP contribution in [0, 0.1) is 6.92 Å². The lowest BCUT2D eigenvalue weighted by atomic mass is 10.0. The number of alkyl halides is 3. The Labute approximate surface area is 181 Å². The molecule has 2 aromatic carbocycles. The molecule has 0 spiro atoms. The van der Waals surface area contributed by atoms with Crippen LogP contribution in [-0.4, -0.2) is 34.0 Å². The number of hydrogen-bond acceptors (Lipinski definition) is 7. The minimum atomic E-state index is -4.50. The highest BCUT2D eigenvalue weighted by atomic mass is 19.4. The number of nitrogens with zero attached hydrogens (tertiary/aromatic N) is 4. The minimum Gasteiger partial charge on any atom is -0.493 e. The number of aromatic nitrogens is 4. The molecule has 168 valence electrons. The molecule has 3 N–H and O–H groups in total. The molecule has 32 heavy (non-hydrogen) atoms. The summed E-state index contributed by atoms with van der Waals surface area (Å²) in [6.07, 6.45) is -4.50. The zero-order valence-corrected chi connectivity index (χ0v) is 17.8. The van der Waals surface area contributed by atoms with Gasteiger partial charge in [0.25, 0.3) is 0 Å². The van der Waals surface area contributed by atoms with Gasteiger partial charge >= 0.3 is 6.18 Å². The highest BCUT2D eigenvalue weighted by Crippen LogP contribution is 2.38. The van der Waals surface area contributed by atoms with E-state index in [2.05, 4.69) is 20.6 Å². The lowest BCUT2D eigenvalue weighted by Crippen LogP contribution is -2.13. The fourth-order valence-electron chi connectivity index (χ4n) is 3.54. The van der Waals surface area contributed by atoms with Crippen LogP contribution in [0.2, 0.25) is 0 Å². The second-order valence-corrected chi connectivity index (χ2v) is 7.34. The van der Waals surface area contributed by atoms with Gasteiger partial charge < -0.3 is 20.5 Å². The molecular formula is C21H21F3N6O2. The van der Waals surface area contributed by atoms with Crippen LogP contribution in [0.15, 0.2) is 30.3 Å². The van der Waals surface area contributed by atoms with E-state index >= 15 is 0 Å². The molecule has 8 nitrogen and oxygen atoms in total. The number of ether oxygens (including phenoxy) is 2. The van der Waals surface area contributed by atoms with E-state index in [4.69, 9.17) is 15.2 Å². The predicted molar refractivity (Wildman–Crippen MR) is 114 cm³/mol. The monoisotopic (exact) mass is 446 g/mol. The van der Waals surface area contributed by atoms with Crippen LogP contribution in [0.5, 0.6) is 11.5 Å². The van der Waals surface area contributed by atoms with E-state index in [0.717, 1.165) is 12.1 Å². The van der Waals surface area contributed by atoms with E-state index in [9.17, 15) is 13.2 Å². The molecule has 0 bridgehead atoms. The molecule has 0 amide bonds. The van der Waals surface area contributed by atoms with E-state index in [1.165, 1.54) is 20.3 Å². The van der Waals surface area contributed by atoms with Gasteiger partial charge in [-0.3, -0.25) is 0 Å². The van der Waals surface area contributed by atoms with Gasteiger partial charge in [-0.25, -0.2) is 0 Å². The molecule has 4 aromatic rings. The molecule has 0 fully saturated rings. The van der Waals surface area contributed by atoms with E-state index < -0.39 is 17.8 Å². The van der Waals surface area contributed by atoms with Crippen molar-refractivity contribution < 1.29 is 22.6 Å². The first kappa shape index (κ1) is 21.5. The maximum absolute atomic E-state index is 13.3. The number of benzene rings is 2. The summed E-state index contributed by atoms with van der Waals surface area (Å²) in [6.45, 7) is 3.48. The Balaban J connectivity index is 1.86. The van der Waals surface area contributed by atoms with Gasteiger partial charge in [0.05, 0.1) is 25.8 Å². The molecule has 0 saturated carbocycles. The number of fused-ring (bicyclic) bond motifs is 3. The Bertz CT molecular complexity index is 1320. The van der Waals surface area contributed by atoms with Crippen molar-refractivity contribution in [2.24, 2.45) is 0 Å². The minimum absolute atomic E-state index is 0.0257. The van der Waals surface area contributed by atoms with Crippen molar-refractivity contribution in [3.8, 4) is 11.5 Å². The smallest absolute Gasteiger partial charge is 0.416 e. The first-order valence-electron chi connectivity index (χ1n) is 9.64. The molecule has 0 aliphatic heterocycles. The highest BCUT2D eigenvalue weighted by molar-refractivity contribution is 6.02. The largest absolute Gasteiger partial charge is 0.493 e. The zero-order chi connectivity index (χ0) is 23.2. The first-order valence-corrected chi connectivity index (χ1v) is 9.64. The molecule has 0 radical (unpaired) electrons. The number of nitrogens with one attached hydrogen (secondary N) is 1. The lowest BCUT2D eigenvalue weighted by Gasteiger charge is -2.19. The van der Waals surface area contributed by atoms with E-state index in [-0.39, 0.29) is 5.69 Å². The number of halogens is 3. The predicted octanol–water partition coefficient (Wildman–Crippen LogP) is 4.38. The van der Waals surface area contributed by atoms with E-state index in [0.29, 0.717) is 45.1 Å². The van der Waals surface area contributed by atoms with Gasteiger partial charge in [0.15, 0.2) is 28.8 Å². The Morgan fingerprint density at radius 1 is 1.00 bits per heavy atom. The third-order valence-corrected chi connectivity index (χ3v) is 5.17. The summed E-state index contributed by atoms with van der Waals surface area (Å²) >= 11 is 0. The maximum atomic E-state index is 13.3. The molecule has 2 heterocycles. The normalized spacial score (nSPS) is 12.8. The number of aryl methyl sites for hydroxylation is 1. The summed E-state index contributed by atoms with van der Waals surface area (Å²) in [5.41, 5.74) is 5.83. The van der Waals surface area contributed by atoms with Crippen LogP contribution in [0.3, 0.4) is 0 Å². The van der Waals surface area contributed by atoms with Crippen molar-refractivity contribution in [1.29, 1.82) is 0 Å². The van der Waals surface area contributed by atoms with Crippen LogP contribution in [0.25, 0.3) is 16.4 Å². The molecule has 1 atom stereocenters. The fourth-order valence-corrected chi connectivity index (χ4v) is 3.54. The molecule has 1 unspecified atom stereocenters. The van der Waals surface area contributed by atoms with Crippen LogP contribution in [-0.2, 0) is 6.18 Å². The zero-order valence-electron chi connectivity index (χ0n) is 17.8. The number of rotatable bonds is 5. The van der Waals surface area contributed by atoms with E-state index in [1.54, 1.807) is 30.5 Å². The Kier molecular flexibility index (Phi) is 5.19. The van der Waals surface area contributed by atoms with Crippen molar-refractivity contribution in [3.05, 3.63) is 47.3 Å². The van der Waals surface area contributed by atoms with Gasteiger partial charge in [0.2, 0.25) is 0 Å². The second kappa shape index (κ2) is 7.74. The highest BCUT2D eigenvalue weighted by Gasteiger charge is 2.31. The van der Waals surface area contributed by atoms with Crippen LogP contribution in [0.4, 0.5) is 24.7 Å². The standard InChI is InChI=1S/C21H21F3N6O2/c1-10(12-5-13(21(22,23)24)7-14(25)6-12)26-19-15-8-17(31-3)18(32-4)9-16(15)20-28-27-11(2)30(20)29-19/h5-10H,25H2,1-4H3,(H,26,29). The van der Waals surface area contributed by atoms with Crippen molar-refractivity contribution in [1.82, 2.24) is 19.8 Å². The van der Waals surface area contributed by atoms with Crippen molar-refractivity contribution in [2.75, 3.05) is 25.3 Å². The number of hydrogen-bond donors (Lipinski definition) is 2. The average Bonchev–Trinajstić information content (AvgIpc) is 3.12. The maximum Gasteiger partial charge on any atom is 0.416 e. The molecule has 2 aromatic heterocycles. The molecule has 4 rings (SSSR count). The topological polar surface area (TPSA) is 99.6 Å². The summed E-state index contributed by atoms with van der Waals surface area (Å²) in [5.74, 6) is 1.94. The van der Waals surface area contributed by atoms with Crippen LogP contribution in [0.1, 0.15) is 29.9 Å². The first-order chi connectivity index (χ1) is 15.1. The number of nitrogens with two attached hydrogens (primary N) is 1. The quantitative estimate of drug-likeness (QED) is 0.439. The summed E-state index contributed by atoms with van der Waals surface area (Å²) < 4.78 is 52.1. The van der Waals surface area contributed by atoms with Gasteiger partial charge in [0, 0.05) is 16.5 Å². The second-order valence-electron chi connectivity index (χ2n) is 7.34. The van der Waals surface area contributed by atoms with Crippen LogP contribution < -0.4 is 20.5 Å². The van der Waals surface area contributed by atoms with Gasteiger partial charge in [-0.15, -0.1) is 15.3 Å². The Morgan fingerprint density at radius 2 is 1.66 bits per heavy atom. The molecule has 0 aliphatic carbocycles. The summed E-state index contributed by atoms with van der Waals surface area (Å²) in [4.78, 5) is 0.